The molecule has 0 unspecified atom stereocenters. The lowest BCUT2D eigenvalue weighted by atomic mass is 10.1. The first-order chi connectivity index (χ1) is 15.9. The Labute approximate surface area is 201 Å². The summed E-state index contributed by atoms with van der Waals surface area (Å²) in [6.45, 7) is 4.76. The summed E-state index contributed by atoms with van der Waals surface area (Å²) in [5.74, 6) is 1.82. The van der Waals surface area contributed by atoms with Crippen molar-refractivity contribution in [1.29, 1.82) is 0 Å². The third-order valence-corrected chi connectivity index (χ3v) is 6.20. The van der Waals surface area contributed by atoms with Crippen LogP contribution in [0.4, 0.5) is 0 Å². The molecular formula is C24H24ClN5O2S. The van der Waals surface area contributed by atoms with E-state index in [0.717, 1.165) is 22.7 Å². The number of thioether (sulfide) groups is 1. The van der Waals surface area contributed by atoms with Gasteiger partial charge in [-0.25, -0.2) is 9.50 Å². The maximum Gasteiger partial charge on any atom is 0.254 e. The highest BCUT2D eigenvalue weighted by Gasteiger charge is 2.17. The maximum atomic E-state index is 13.1. The summed E-state index contributed by atoms with van der Waals surface area (Å²) < 4.78 is 7.46. The molecule has 0 atom stereocenters. The number of rotatable bonds is 8. The zero-order chi connectivity index (χ0) is 23.4. The van der Waals surface area contributed by atoms with Crippen LogP contribution < -0.4 is 4.74 Å². The predicted octanol–water partition coefficient (Wildman–Crippen LogP) is 4.84. The molecule has 1 amide bonds. The predicted molar refractivity (Wildman–Crippen MR) is 130 cm³/mol. The van der Waals surface area contributed by atoms with E-state index in [4.69, 9.17) is 16.3 Å². The van der Waals surface area contributed by atoms with Crippen molar-refractivity contribution >= 4 is 35.0 Å². The van der Waals surface area contributed by atoms with E-state index in [2.05, 4.69) is 15.1 Å². The summed E-state index contributed by atoms with van der Waals surface area (Å²) in [7, 11) is 1.78. The molecular weight excluding hydrogens is 458 g/mol. The lowest BCUT2D eigenvalue weighted by Gasteiger charge is -2.19. The number of aryl methyl sites for hydroxylation is 2. The van der Waals surface area contributed by atoms with Crippen LogP contribution in [-0.2, 0) is 5.75 Å². The highest BCUT2D eigenvalue weighted by Crippen LogP contribution is 2.23. The first kappa shape index (κ1) is 23.1. The minimum atomic E-state index is -0.0537. The van der Waals surface area contributed by atoms with E-state index in [1.165, 1.54) is 11.8 Å². The summed E-state index contributed by atoms with van der Waals surface area (Å²) in [6.07, 6.45) is 0. The zero-order valence-corrected chi connectivity index (χ0v) is 20.2. The molecule has 2 aromatic heterocycles. The Bertz CT molecular complexity index is 1280. The molecule has 0 aliphatic heterocycles. The molecule has 0 aliphatic carbocycles. The van der Waals surface area contributed by atoms with Gasteiger partial charge in [-0.15, -0.1) is 5.10 Å². The summed E-state index contributed by atoms with van der Waals surface area (Å²) >= 11 is 7.38. The highest BCUT2D eigenvalue weighted by atomic mass is 35.5. The van der Waals surface area contributed by atoms with Crippen LogP contribution in [0.3, 0.4) is 0 Å². The molecule has 170 valence electrons. The standard InChI is InChI=1S/C24H24ClN5O2S/c1-16-14-17(2)30-23(26-16)27-24(28-30)33-15-18-6-4-5-7-21(18)22(31)29(3)12-13-32-20-10-8-19(25)9-11-20/h4-11,14H,12-13,15H2,1-3H3. The van der Waals surface area contributed by atoms with E-state index in [1.807, 2.05) is 56.3 Å². The molecule has 0 N–H and O–H groups in total. The molecule has 0 fully saturated rings. The Morgan fingerprint density at radius 1 is 1.12 bits per heavy atom. The summed E-state index contributed by atoms with van der Waals surface area (Å²) in [5, 5.41) is 5.82. The van der Waals surface area contributed by atoms with Gasteiger partial charge in [-0.05, 0) is 55.8 Å². The minimum Gasteiger partial charge on any atom is -0.492 e. The van der Waals surface area contributed by atoms with E-state index >= 15 is 0 Å². The van der Waals surface area contributed by atoms with Gasteiger partial charge < -0.3 is 9.64 Å². The SMILES string of the molecule is Cc1cc(C)n2nc(SCc3ccccc3C(=O)N(C)CCOc3ccc(Cl)cc3)nc2n1. The summed E-state index contributed by atoms with van der Waals surface area (Å²) in [4.78, 5) is 23.7. The normalized spacial score (nSPS) is 11.0. The highest BCUT2D eigenvalue weighted by molar-refractivity contribution is 7.98. The van der Waals surface area contributed by atoms with Crippen LogP contribution in [0.2, 0.25) is 5.02 Å². The van der Waals surface area contributed by atoms with Crippen molar-refractivity contribution in [2.45, 2.75) is 24.8 Å². The van der Waals surface area contributed by atoms with Gasteiger partial charge in [-0.2, -0.15) is 4.98 Å². The average Bonchev–Trinajstić information content (AvgIpc) is 3.22. The zero-order valence-electron chi connectivity index (χ0n) is 18.7. The average molecular weight is 482 g/mol. The number of likely N-dealkylation sites (N-methyl/N-ethyl adjacent to an activating group) is 1. The van der Waals surface area contributed by atoms with Crippen molar-refractivity contribution < 1.29 is 9.53 Å². The molecule has 4 rings (SSSR count). The second-order valence-electron chi connectivity index (χ2n) is 7.62. The number of halogens is 1. The molecule has 4 aromatic rings. The van der Waals surface area contributed by atoms with Crippen LogP contribution in [0.15, 0.2) is 59.8 Å². The van der Waals surface area contributed by atoms with Crippen LogP contribution >= 0.6 is 23.4 Å². The van der Waals surface area contributed by atoms with Crippen LogP contribution in [0.25, 0.3) is 5.78 Å². The van der Waals surface area contributed by atoms with Gasteiger partial charge in [0.15, 0.2) is 0 Å². The lowest BCUT2D eigenvalue weighted by molar-refractivity contribution is 0.0773. The molecule has 0 bridgehead atoms. The largest absolute Gasteiger partial charge is 0.492 e. The summed E-state index contributed by atoms with van der Waals surface area (Å²) in [6, 6.07) is 16.7. The van der Waals surface area contributed by atoms with Crippen LogP contribution in [0, 0.1) is 13.8 Å². The van der Waals surface area contributed by atoms with E-state index in [9.17, 15) is 4.79 Å². The Balaban J connectivity index is 1.39. The first-order valence-corrected chi connectivity index (χ1v) is 11.8. The van der Waals surface area contributed by atoms with Crippen molar-refractivity contribution in [2.24, 2.45) is 0 Å². The van der Waals surface area contributed by atoms with Crippen molar-refractivity contribution in [3.05, 3.63) is 82.1 Å². The first-order valence-electron chi connectivity index (χ1n) is 10.5. The molecule has 0 radical (unpaired) electrons. The van der Waals surface area contributed by atoms with Gasteiger partial charge in [-0.3, -0.25) is 4.79 Å². The number of aromatic nitrogens is 4. The lowest BCUT2D eigenvalue weighted by Crippen LogP contribution is -2.31. The Morgan fingerprint density at radius 3 is 2.67 bits per heavy atom. The van der Waals surface area contributed by atoms with Gasteiger partial charge in [0.25, 0.3) is 11.7 Å². The number of carbonyl (C=O) groups excluding carboxylic acids is 1. The van der Waals surface area contributed by atoms with Crippen molar-refractivity contribution in [2.75, 3.05) is 20.2 Å². The third kappa shape index (κ3) is 5.64. The second-order valence-corrected chi connectivity index (χ2v) is 9.00. The molecule has 33 heavy (non-hydrogen) atoms. The summed E-state index contributed by atoms with van der Waals surface area (Å²) in [5.41, 5.74) is 3.48. The molecule has 0 aliphatic rings. The van der Waals surface area contributed by atoms with Crippen LogP contribution in [-0.4, -0.2) is 50.6 Å². The second kappa shape index (κ2) is 10.2. The quantitative estimate of drug-likeness (QED) is 0.335. The van der Waals surface area contributed by atoms with Crippen LogP contribution in [0.5, 0.6) is 5.75 Å². The molecule has 0 saturated heterocycles. The van der Waals surface area contributed by atoms with E-state index in [0.29, 0.717) is 40.4 Å². The minimum absolute atomic E-state index is 0.0537. The fraction of sp³-hybridized carbons (Fsp3) is 0.250. The Hall–Kier alpha value is -3.10. The number of nitrogens with zero attached hydrogens (tertiary/aromatic N) is 5. The van der Waals surface area contributed by atoms with E-state index in [-0.39, 0.29) is 5.91 Å². The smallest absolute Gasteiger partial charge is 0.254 e. The van der Waals surface area contributed by atoms with Gasteiger partial charge in [0.1, 0.15) is 12.4 Å². The van der Waals surface area contributed by atoms with Gasteiger partial charge >= 0.3 is 0 Å². The fourth-order valence-corrected chi connectivity index (χ4v) is 4.29. The number of carbonyl (C=O) groups is 1. The number of ether oxygens (including phenoxy) is 1. The number of hydrogen-bond donors (Lipinski definition) is 0. The van der Waals surface area contributed by atoms with Gasteiger partial charge in [0.05, 0.1) is 6.54 Å². The topological polar surface area (TPSA) is 72.6 Å². The monoisotopic (exact) mass is 481 g/mol. The maximum absolute atomic E-state index is 13.1. The van der Waals surface area contributed by atoms with Gasteiger partial charge in [0.2, 0.25) is 5.16 Å². The van der Waals surface area contributed by atoms with Crippen molar-refractivity contribution in [1.82, 2.24) is 24.5 Å². The fourth-order valence-electron chi connectivity index (χ4n) is 3.34. The van der Waals surface area contributed by atoms with Crippen molar-refractivity contribution in [3.63, 3.8) is 0 Å². The van der Waals surface area contributed by atoms with E-state index < -0.39 is 0 Å². The number of fused-ring (bicyclic) bond motifs is 1. The molecule has 2 aromatic carbocycles. The third-order valence-electron chi connectivity index (χ3n) is 5.06. The van der Waals surface area contributed by atoms with Gasteiger partial charge in [0, 0.05) is 34.8 Å². The molecule has 7 nitrogen and oxygen atoms in total. The van der Waals surface area contributed by atoms with Crippen molar-refractivity contribution in [3.8, 4) is 5.75 Å². The number of hydrogen-bond acceptors (Lipinski definition) is 6. The number of benzene rings is 2. The molecule has 2 heterocycles. The Morgan fingerprint density at radius 2 is 1.88 bits per heavy atom. The van der Waals surface area contributed by atoms with E-state index in [1.54, 1.807) is 28.6 Å². The molecule has 9 heteroatoms. The van der Waals surface area contributed by atoms with Gasteiger partial charge in [-0.1, -0.05) is 41.6 Å². The van der Waals surface area contributed by atoms with Crippen LogP contribution in [0.1, 0.15) is 27.3 Å². The number of amides is 1. The molecule has 0 spiro atoms. The Kier molecular flexibility index (Phi) is 7.15. The molecule has 0 saturated carbocycles.